The highest BCUT2D eigenvalue weighted by Gasteiger charge is 2.25. The van der Waals surface area contributed by atoms with E-state index in [0.29, 0.717) is 0 Å². The Morgan fingerprint density at radius 1 is 1.04 bits per heavy atom. The molecule has 2 aromatic rings. The van der Waals surface area contributed by atoms with Gasteiger partial charge >= 0.3 is 0 Å². The first-order valence-corrected chi connectivity index (χ1v) is 8.76. The van der Waals surface area contributed by atoms with Crippen molar-refractivity contribution in [3.8, 4) is 0 Å². The molecule has 23 heavy (non-hydrogen) atoms. The zero-order chi connectivity index (χ0) is 16.9. The van der Waals surface area contributed by atoms with Crippen molar-refractivity contribution in [1.82, 2.24) is 5.48 Å². The number of carbonyl (C=O) groups is 1. The van der Waals surface area contributed by atoms with Gasteiger partial charge in [0.15, 0.2) is 9.84 Å². The van der Waals surface area contributed by atoms with Crippen LogP contribution in [0.2, 0.25) is 0 Å². The average molecular weight is 333 g/mol. The zero-order valence-corrected chi connectivity index (χ0v) is 13.8. The van der Waals surface area contributed by atoms with Gasteiger partial charge in [0.2, 0.25) is 0 Å². The van der Waals surface area contributed by atoms with Crippen LogP contribution in [0.4, 0.5) is 0 Å². The molecule has 0 aliphatic carbocycles. The van der Waals surface area contributed by atoms with Gasteiger partial charge in [-0.2, -0.15) is 0 Å². The summed E-state index contributed by atoms with van der Waals surface area (Å²) >= 11 is 0. The summed E-state index contributed by atoms with van der Waals surface area (Å²) < 4.78 is 24.7. The van der Waals surface area contributed by atoms with Crippen LogP contribution in [0.15, 0.2) is 59.5 Å². The number of hydrogen-bond donors (Lipinski definition) is 1. The Bertz CT molecular complexity index is 770. The average Bonchev–Trinajstić information content (AvgIpc) is 2.55. The quantitative estimate of drug-likeness (QED) is 0.825. The fourth-order valence-electron chi connectivity index (χ4n) is 1.97. The Labute approximate surface area is 136 Å². The number of carbonyl (C=O) groups excluding carboxylic acids is 1. The molecule has 0 aliphatic rings. The van der Waals surface area contributed by atoms with Gasteiger partial charge in [0.1, 0.15) is 0 Å². The van der Waals surface area contributed by atoms with Crippen LogP contribution in [0.5, 0.6) is 0 Å². The third-order valence-electron chi connectivity index (χ3n) is 3.31. The molecule has 0 atom stereocenters. The normalized spacial score (nSPS) is 11.4. The van der Waals surface area contributed by atoms with E-state index in [1.165, 1.54) is 12.1 Å². The molecule has 0 unspecified atom stereocenters. The van der Waals surface area contributed by atoms with Crippen LogP contribution >= 0.6 is 0 Å². The Balaban J connectivity index is 2.11. The predicted octanol–water partition coefficient (Wildman–Crippen LogP) is 2.73. The van der Waals surface area contributed by atoms with Gasteiger partial charge in [0, 0.05) is 0 Å². The van der Waals surface area contributed by atoms with Crippen molar-refractivity contribution in [2.24, 2.45) is 0 Å². The van der Waals surface area contributed by atoms with Crippen molar-refractivity contribution >= 4 is 15.7 Å². The molecular formula is C17H19NO4S. The second-order valence-corrected chi connectivity index (χ2v) is 7.77. The standard InChI is InChI=1S/C17H19NO4S/c1-13(2)23(20,21)16-11-7-6-10-15(16)17(19)18-22-12-14-8-4-3-5-9-14/h3-11,13H,12H2,1-2H3,(H,18,19). The van der Waals surface area contributed by atoms with E-state index >= 15 is 0 Å². The minimum Gasteiger partial charge on any atom is -0.269 e. The highest BCUT2D eigenvalue weighted by Crippen LogP contribution is 2.20. The zero-order valence-electron chi connectivity index (χ0n) is 13.0. The van der Waals surface area contributed by atoms with Crippen LogP contribution in [0.25, 0.3) is 0 Å². The van der Waals surface area contributed by atoms with E-state index in [0.717, 1.165) is 5.56 Å². The number of benzene rings is 2. The molecule has 0 radical (unpaired) electrons. The van der Waals surface area contributed by atoms with Gasteiger partial charge in [-0.3, -0.25) is 9.63 Å². The minimum atomic E-state index is -3.55. The summed E-state index contributed by atoms with van der Waals surface area (Å²) in [5, 5.41) is -0.610. The Hall–Kier alpha value is -2.18. The highest BCUT2D eigenvalue weighted by molar-refractivity contribution is 7.92. The number of amides is 1. The first kappa shape index (κ1) is 17.2. The van der Waals surface area contributed by atoms with E-state index in [1.54, 1.807) is 26.0 Å². The lowest BCUT2D eigenvalue weighted by atomic mass is 10.2. The molecule has 0 heterocycles. The van der Waals surface area contributed by atoms with E-state index in [4.69, 9.17) is 4.84 Å². The van der Waals surface area contributed by atoms with Gasteiger partial charge in [-0.1, -0.05) is 42.5 Å². The van der Waals surface area contributed by atoms with Gasteiger partial charge < -0.3 is 0 Å². The number of hydroxylamine groups is 1. The Morgan fingerprint density at radius 3 is 2.30 bits per heavy atom. The lowest BCUT2D eigenvalue weighted by molar-refractivity contribution is 0.0231. The minimum absolute atomic E-state index is 0.0100. The van der Waals surface area contributed by atoms with Gasteiger partial charge in [0.25, 0.3) is 5.91 Å². The van der Waals surface area contributed by atoms with Gasteiger partial charge in [-0.05, 0) is 31.5 Å². The SMILES string of the molecule is CC(C)S(=O)(=O)c1ccccc1C(=O)NOCc1ccccc1. The molecule has 0 aromatic heterocycles. The van der Waals surface area contributed by atoms with E-state index in [9.17, 15) is 13.2 Å². The van der Waals surface area contributed by atoms with Crippen LogP contribution in [-0.2, 0) is 21.3 Å². The third kappa shape index (κ3) is 4.18. The molecular weight excluding hydrogens is 314 g/mol. The molecule has 0 spiro atoms. The fourth-order valence-corrected chi connectivity index (χ4v) is 3.21. The topological polar surface area (TPSA) is 72.5 Å². The highest BCUT2D eigenvalue weighted by atomic mass is 32.2. The van der Waals surface area contributed by atoms with E-state index in [2.05, 4.69) is 5.48 Å². The molecule has 5 nitrogen and oxygen atoms in total. The molecule has 0 fully saturated rings. The van der Waals surface area contributed by atoms with Crippen LogP contribution in [0.3, 0.4) is 0 Å². The van der Waals surface area contributed by atoms with Crippen LogP contribution < -0.4 is 5.48 Å². The molecule has 0 aliphatic heterocycles. The van der Waals surface area contributed by atoms with E-state index in [1.807, 2.05) is 30.3 Å². The summed E-state index contributed by atoms with van der Waals surface area (Å²) in [5.74, 6) is -0.583. The van der Waals surface area contributed by atoms with E-state index in [-0.39, 0.29) is 17.1 Å². The smallest absolute Gasteiger partial charge is 0.269 e. The van der Waals surface area contributed by atoms with Crippen LogP contribution in [0, 0.1) is 0 Å². The third-order valence-corrected chi connectivity index (χ3v) is 5.52. The Morgan fingerprint density at radius 2 is 1.65 bits per heavy atom. The van der Waals surface area contributed by atoms with Gasteiger partial charge in [0.05, 0.1) is 22.3 Å². The van der Waals surface area contributed by atoms with Crippen molar-refractivity contribution < 1.29 is 18.0 Å². The molecule has 6 heteroatoms. The van der Waals surface area contributed by atoms with E-state index < -0.39 is 21.0 Å². The summed E-state index contributed by atoms with van der Waals surface area (Å²) in [4.78, 5) is 17.4. The van der Waals surface area contributed by atoms with Crippen LogP contribution in [-0.4, -0.2) is 19.6 Å². The monoisotopic (exact) mass is 333 g/mol. The van der Waals surface area contributed by atoms with Crippen molar-refractivity contribution in [1.29, 1.82) is 0 Å². The summed E-state index contributed by atoms with van der Waals surface area (Å²) in [7, 11) is -3.55. The van der Waals surface area contributed by atoms with Gasteiger partial charge in [-0.15, -0.1) is 0 Å². The summed E-state index contributed by atoms with van der Waals surface area (Å²) in [5.41, 5.74) is 3.27. The second-order valence-electron chi connectivity index (χ2n) is 5.30. The van der Waals surface area contributed by atoms with Gasteiger partial charge in [-0.25, -0.2) is 13.9 Å². The van der Waals surface area contributed by atoms with Crippen LogP contribution in [0.1, 0.15) is 29.8 Å². The second kappa shape index (κ2) is 7.39. The van der Waals surface area contributed by atoms with Crippen molar-refractivity contribution in [3.05, 3.63) is 65.7 Å². The molecule has 1 N–H and O–H groups in total. The number of rotatable bonds is 6. The maximum absolute atomic E-state index is 12.3. The predicted molar refractivity (Wildman–Crippen MR) is 87.5 cm³/mol. The lowest BCUT2D eigenvalue weighted by Crippen LogP contribution is -2.26. The largest absolute Gasteiger partial charge is 0.276 e. The fraction of sp³-hybridized carbons (Fsp3) is 0.235. The molecule has 0 saturated carbocycles. The first-order chi connectivity index (χ1) is 10.9. The molecule has 122 valence electrons. The maximum atomic E-state index is 12.3. The summed E-state index contributed by atoms with van der Waals surface area (Å²) in [6, 6.07) is 15.5. The first-order valence-electron chi connectivity index (χ1n) is 7.22. The van der Waals surface area contributed by atoms with Crippen molar-refractivity contribution in [2.45, 2.75) is 30.6 Å². The molecule has 2 aromatic carbocycles. The summed E-state index contributed by atoms with van der Waals surface area (Å²) in [6.45, 7) is 3.36. The Kier molecular flexibility index (Phi) is 5.52. The molecule has 1 amide bonds. The molecule has 0 saturated heterocycles. The number of nitrogens with one attached hydrogen (secondary N) is 1. The number of sulfone groups is 1. The van der Waals surface area contributed by atoms with Crippen molar-refractivity contribution in [3.63, 3.8) is 0 Å². The maximum Gasteiger partial charge on any atom is 0.276 e. The van der Waals surface area contributed by atoms with Crippen molar-refractivity contribution in [2.75, 3.05) is 0 Å². The number of hydrogen-bond acceptors (Lipinski definition) is 4. The summed E-state index contributed by atoms with van der Waals surface area (Å²) in [6.07, 6.45) is 0. The molecule has 2 rings (SSSR count). The molecule has 0 bridgehead atoms. The lowest BCUT2D eigenvalue weighted by Gasteiger charge is -2.13.